The highest BCUT2D eigenvalue weighted by Crippen LogP contribution is 2.60. The molecule has 2 rings (SSSR count). The van der Waals surface area contributed by atoms with Crippen LogP contribution in [0.1, 0.15) is 51.4 Å². The number of amides is 1. The number of hydrogen-bond donors (Lipinski definition) is 2. The molecular weight excluding hydrogens is 218 g/mol. The molecule has 2 aliphatic rings. The van der Waals surface area contributed by atoms with E-state index in [9.17, 15) is 9.59 Å². The summed E-state index contributed by atoms with van der Waals surface area (Å²) in [5.74, 6) is 0.174. The molecule has 0 aromatic carbocycles. The summed E-state index contributed by atoms with van der Waals surface area (Å²) >= 11 is 0. The Labute approximate surface area is 102 Å². The zero-order chi connectivity index (χ0) is 12.3. The van der Waals surface area contributed by atoms with Crippen LogP contribution in [0.5, 0.6) is 0 Å². The molecule has 4 heteroatoms. The van der Waals surface area contributed by atoms with Gasteiger partial charge in [-0.3, -0.25) is 9.59 Å². The number of carbonyl (C=O) groups excluding carboxylic acids is 1. The predicted molar refractivity (Wildman–Crippen MR) is 63.5 cm³/mol. The molecule has 4 nitrogen and oxygen atoms in total. The van der Waals surface area contributed by atoms with Crippen LogP contribution in [0.25, 0.3) is 0 Å². The maximum absolute atomic E-state index is 11.5. The standard InChI is InChI=1S/C13H21NO3/c15-11(3-1-2-4-12(16)17)14-9-13(7-8-13)10-5-6-10/h10H,1-9H2,(H,14,15)(H,16,17). The molecule has 1 amide bonds. The van der Waals surface area contributed by atoms with Crippen molar-refractivity contribution in [1.29, 1.82) is 0 Å². The Morgan fingerprint density at radius 2 is 1.82 bits per heavy atom. The Kier molecular flexibility index (Phi) is 3.69. The highest BCUT2D eigenvalue weighted by atomic mass is 16.4. The summed E-state index contributed by atoms with van der Waals surface area (Å²) in [6.45, 7) is 0.843. The van der Waals surface area contributed by atoms with E-state index in [4.69, 9.17) is 5.11 Å². The van der Waals surface area contributed by atoms with Gasteiger partial charge in [0.1, 0.15) is 0 Å². The van der Waals surface area contributed by atoms with Crippen molar-refractivity contribution in [2.75, 3.05) is 6.54 Å². The van der Waals surface area contributed by atoms with Crippen LogP contribution in [-0.2, 0) is 9.59 Å². The van der Waals surface area contributed by atoms with Crippen LogP contribution in [-0.4, -0.2) is 23.5 Å². The van der Waals surface area contributed by atoms with Crippen LogP contribution in [0.15, 0.2) is 0 Å². The molecule has 2 saturated carbocycles. The molecule has 0 heterocycles. The second-order valence-corrected chi connectivity index (χ2v) is 5.51. The van der Waals surface area contributed by atoms with Crippen molar-refractivity contribution in [3.63, 3.8) is 0 Å². The highest BCUT2D eigenvalue weighted by Gasteiger charge is 2.53. The summed E-state index contributed by atoms with van der Waals surface area (Å²) in [6, 6.07) is 0. The number of nitrogens with one attached hydrogen (secondary N) is 1. The third-order valence-electron chi connectivity index (χ3n) is 4.02. The van der Waals surface area contributed by atoms with Gasteiger partial charge in [-0.05, 0) is 49.9 Å². The first-order chi connectivity index (χ1) is 8.12. The number of rotatable bonds is 8. The zero-order valence-electron chi connectivity index (χ0n) is 10.2. The normalized spacial score (nSPS) is 20.9. The Morgan fingerprint density at radius 3 is 2.35 bits per heavy atom. The molecule has 0 radical (unpaired) electrons. The monoisotopic (exact) mass is 239 g/mol. The van der Waals surface area contributed by atoms with Gasteiger partial charge >= 0.3 is 5.97 Å². The van der Waals surface area contributed by atoms with E-state index in [-0.39, 0.29) is 12.3 Å². The van der Waals surface area contributed by atoms with Crippen LogP contribution in [0.2, 0.25) is 0 Å². The molecule has 96 valence electrons. The van der Waals surface area contributed by atoms with Crippen molar-refractivity contribution in [2.45, 2.75) is 51.4 Å². The minimum atomic E-state index is -0.781. The van der Waals surface area contributed by atoms with E-state index in [1.54, 1.807) is 0 Å². The highest BCUT2D eigenvalue weighted by molar-refractivity contribution is 5.76. The molecule has 0 bridgehead atoms. The lowest BCUT2D eigenvalue weighted by Crippen LogP contribution is -2.30. The lowest BCUT2D eigenvalue weighted by molar-refractivity contribution is -0.137. The molecule has 0 unspecified atom stereocenters. The van der Waals surface area contributed by atoms with Crippen molar-refractivity contribution >= 4 is 11.9 Å². The lowest BCUT2D eigenvalue weighted by Gasteiger charge is -2.14. The summed E-state index contributed by atoms with van der Waals surface area (Å²) in [5.41, 5.74) is 0.455. The molecule has 2 N–H and O–H groups in total. The van der Waals surface area contributed by atoms with E-state index in [0.717, 1.165) is 12.5 Å². The van der Waals surface area contributed by atoms with Gasteiger partial charge in [-0.2, -0.15) is 0 Å². The van der Waals surface area contributed by atoms with Crippen LogP contribution in [0.4, 0.5) is 0 Å². The third kappa shape index (κ3) is 3.72. The maximum atomic E-state index is 11.5. The van der Waals surface area contributed by atoms with Crippen LogP contribution in [0.3, 0.4) is 0 Å². The van der Waals surface area contributed by atoms with Gasteiger partial charge in [0, 0.05) is 19.4 Å². The van der Waals surface area contributed by atoms with E-state index in [1.165, 1.54) is 25.7 Å². The fraction of sp³-hybridized carbons (Fsp3) is 0.846. The number of carbonyl (C=O) groups is 2. The first-order valence-corrected chi connectivity index (χ1v) is 6.61. The van der Waals surface area contributed by atoms with Crippen molar-refractivity contribution in [3.8, 4) is 0 Å². The van der Waals surface area contributed by atoms with Gasteiger partial charge in [0.25, 0.3) is 0 Å². The average molecular weight is 239 g/mol. The fourth-order valence-electron chi connectivity index (χ4n) is 2.51. The SMILES string of the molecule is O=C(O)CCCCC(=O)NCC1(C2CC2)CC1. The number of aliphatic carboxylic acids is 1. The molecule has 2 aliphatic carbocycles. The van der Waals surface area contributed by atoms with Gasteiger partial charge < -0.3 is 10.4 Å². The van der Waals surface area contributed by atoms with Crippen molar-refractivity contribution < 1.29 is 14.7 Å². The Morgan fingerprint density at radius 1 is 1.18 bits per heavy atom. The number of carboxylic acids is 1. The number of unbranched alkanes of at least 4 members (excludes halogenated alkanes) is 1. The van der Waals surface area contributed by atoms with Crippen LogP contribution in [0, 0.1) is 11.3 Å². The Balaban J connectivity index is 1.53. The molecule has 2 fully saturated rings. The zero-order valence-corrected chi connectivity index (χ0v) is 10.2. The number of hydrogen-bond acceptors (Lipinski definition) is 2. The van der Waals surface area contributed by atoms with Crippen LogP contribution < -0.4 is 5.32 Å². The maximum Gasteiger partial charge on any atom is 0.303 e. The smallest absolute Gasteiger partial charge is 0.303 e. The number of carboxylic acid groups (broad SMARTS) is 1. The quantitative estimate of drug-likeness (QED) is 0.636. The lowest BCUT2D eigenvalue weighted by atomic mass is 10.0. The first-order valence-electron chi connectivity index (χ1n) is 6.61. The summed E-state index contributed by atoms with van der Waals surface area (Å²) in [4.78, 5) is 21.8. The van der Waals surface area contributed by atoms with Gasteiger partial charge in [-0.1, -0.05) is 0 Å². The Bertz CT molecular complexity index is 306. The third-order valence-corrected chi connectivity index (χ3v) is 4.02. The first kappa shape index (κ1) is 12.4. The van der Waals surface area contributed by atoms with E-state index in [1.807, 2.05) is 0 Å². The van der Waals surface area contributed by atoms with Gasteiger partial charge in [-0.15, -0.1) is 0 Å². The second-order valence-electron chi connectivity index (χ2n) is 5.51. The minimum absolute atomic E-state index is 0.0855. The van der Waals surface area contributed by atoms with Gasteiger partial charge in [-0.25, -0.2) is 0 Å². The van der Waals surface area contributed by atoms with E-state index < -0.39 is 5.97 Å². The summed E-state index contributed by atoms with van der Waals surface area (Å²) < 4.78 is 0. The van der Waals surface area contributed by atoms with Crippen molar-refractivity contribution in [3.05, 3.63) is 0 Å². The average Bonchev–Trinajstić information content (AvgIpc) is 3.14. The fourth-order valence-corrected chi connectivity index (χ4v) is 2.51. The molecule has 0 spiro atoms. The summed E-state index contributed by atoms with van der Waals surface area (Å²) in [6.07, 6.45) is 7.13. The van der Waals surface area contributed by atoms with Gasteiger partial charge in [0.15, 0.2) is 0 Å². The van der Waals surface area contributed by atoms with E-state index in [2.05, 4.69) is 5.32 Å². The minimum Gasteiger partial charge on any atom is -0.481 e. The molecule has 0 atom stereocenters. The van der Waals surface area contributed by atoms with Crippen LogP contribution >= 0.6 is 0 Å². The van der Waals surface area contributed by atoms with E-state index in [0.29, 0.717) is 24.7 Å². The van der Waals surface area contributed by atoms with Crippen molar-refractivity contribution in [1.82, 2.24) is 5.32 Å². The van der Waals surface area contributed by atoms with Gasteiger partial charge in [0.2, 0.25) is 5.91 Å². The predicted octanol–water partition coefficient (Wildman–Crippen LogP) is 1.94. The molecule has 0 saturated heterocycles. The molecule has 0 aromatic heterocycles. The summed E-state index contributed by atoms with van der Waals surface area (Å²) in [5, 5.41) is 11.5. The van der Waals surface area contributed by atoms with E-state index >= 15 is 0 Å². The summed E-state index contributed by atoms with van der Waals surface area (Å²) in [7, 11) is 0. The molecular formula is C13H21NO3. The second kappa shape index (κ2) is 5.07. The van der Waals surface area contributed by atoms with Crippen molar-refractivity contribution in [2.24, 2.45) is 11.3 Å². The topological polar surface area (TPSA) is 66.4 Å². The largest absolute Gasteiger partial charge is 0.481 e. The Hall–Kier alpha value is -1.06. The van der Waals surface area contributed by atoms with Gasteiger partial charge in [0.05, 0.1) is 0 Å². The molecule has 0 aromatic rings. The molecule has 0 aliphatic heterocycles. The molecule has 17 heavy (non-hydrogen) atoms.